The predicted molar refractivity (Wildman–Crippen MR) is 97.9 cm³/mol. The molecule has 5 nitrogen and oxygen atoms in total. The Labute approximate surface area is 153 Å². The number of nitrogens with zero attached hydrogens (tertiary/aromatic N) is 1. The summed E-state index contributed by atoms with van der Waals surface area (Å²) in [5, 5.41) is 0. The van der Waals surface area contributed by atoms with Gasteiger partial charge in [-0.3, -0.25) is 4.79 Å². The Morgan fingerprint density at radius 1 is 1.00 bits per heavy atom. The SMILES string of the molecule is Cc1cc(C)cc(C(=O)OC(C(=O)N2CCOCC2)c2ccccc2)c1. The third-order valence-corrected chi connectivity index (χ3v) is 4.33. The number of hydrogen-bond donors (Lipinski definition) is 0. The maximum Gasteiger partial charge on any atom is 0.339 e. The van der Waals surface area contributed by atoms with Gasteiger partial charge in [0.25, 0.3) is 5.91 Å². The highest BCUT2D eigenvalue weighted by atomic mass is 16.5. The first kappa shape index (κ1) is 18.1. The number of hydrogen-bond acceptors (Lipinski definition) is 4. The molecule has 0 saturated carbocycles. The Hall–Kier alpha value is -2.66. The average Bonchev–Trinajstić information content (AvgIpc) is 2.66. The molecule has 1 saturated heterocycles. The second-order valence-electron chi connectivity index (χ2n) is 6.51. The topological polar surface area (TPSA) is 55.8 Å². The molecule has 0 N–H and O–H groups in total. The molecule has 1 aliphatic heterocycles. The zero-order valence-corrected chi connectivity index (χ0v) is 15.1. The van der Waals surface area contributed by atoms with Crippen molar-refractivity contribution in [2.45, 2.75) is 20.0 Å². The fraction of sp³-hybridized carbons (Fsp3) is 0.333. The smallest absolute Gasteiger partial charge is 0.339 e. The summed E-state index contributed by atoms with van der Waals surface area (Å²) < 4.78 is 11.0. The molecule has 0 spiro atoms. The highest BCUT2D eigenvalue weighted by Crippen LogP contribution is 2.23. The Balaban J connectivity index is 1.85. The molecule has 1 unspecified atom stereocenters. The van der Waals surface area contributed by atoms with Crippen LogP contribution >= 0.6 is 0 Å². The molecular formula is C21H23NO4. The van der Waals surface area contributed by atoms with Gasteiger partial charge >= 0.3 is 5.97 Å². The van der Waals surface area contributed by atoms with Gasteiger partial charge in [-0.05, 0) is 26.0 Å². The molecule has 136 valence electrons. The Morgan fingerprint density at radius 3 is 2.23 bits per heavy atom. The number of benzene rings is 2. The van der Waals surface area contributed by atoms with E-state index in [0.717, 1.165) is 11.1 Å². The second kappa shape index (κ2) is 8.15. The first-order chi connectivity index (χ1) is 12.5. The minimum Gasteiger partial charge on any atom is -0.444 e. The molecule has 0 aliphatic carbocycles. The van der Waals surface area contributed by atoms with Crippen LogP contribution in [0.15, 0.2) is 48.5 Å². The van der Waals surface area contributed by atoms with Gasteiger partial charge in [0.15, 0.2) is 0 Å². The third-order valence-electron chi connectivity index (χ3n) is 4.33. The van der Waals surface area contributed by atoms with Crippen molar-refractivity contribution >= 4 is 11.9 Å². The normalized spacial score (nSPS) is 15.4. The number of aryl methyl sites for hydroxylation is 2. The lowest BCUT2D eigenvalue weighted by Gasteiger charge is -2.30. The number of esters is 1. The summed E-state index contributed by atoms with van der Waals surface area (Å²) >= 11 is 0. The van der Waals surface area contributed by atoms with Crippen LogP contribution in [0.4, 0.5) is 0 Å². The summed E-state index contributed by atoms with van der Waals surface area (Å²) in [6.07, 6.45) is -0.956. The van der Waals surface area contributed by atoms with Crippen LogP contribution < -0.4 is 0 Å². The van der Waals surface area contributed by atoms with Crippen LogP contribution in [0.5, 0.6) is 0 Å². The Bertz CT molecular complexity index is 762. The van der Waals surface area contributed by atoms with Gasteiger partial charge in [-0.2, -0.15) is 0 Å². The van der Waals surface area contributed by atoms with Crippen molar-refractivity contribution in [1.29, 1.82) is 0 Å². The van der Waals surface area contributed by atoms with Crippen molar-refractivity contribution in [3.05, 3.63) is 70.8 Å². The van der Waals surface area contributed by atoms with Crippen LogP contribution in [0.3, 0.4) is 0 Å². The summed E-state index contributed by atoms with van der Waals surface area (Å²) in [5.74, 6) is -0.704. The van der Waals surface area contributed by atoms with Crippen LogP contribution in [-0.2, 0) is 14.3 Å². The van der Waals surface area contributed by atoms with E-state index in [9.17, 15) is 9.59 Å². The second-order valence-corrected chi connectivity index (χ2v) is 6.51. The lowest BCUT2D eigenvalue weighted by Crippen LogP contribution is -2.44. The van der Waals surface area contributed by atoms with E-state index in [4.69, 9.17) is 9.47 Å². The van der Waals surface area contributed by atoms with Gasteiger partial charge in [-0.15, -0.1) is 0 Å². The van der Waals surface area contributed by atoms with E-state index in [1.54, 1.807) is 29.2 Å². The predicted octanol–water partition coefficient (Wildman–Crippen LogP) is 3.06. The van der Waals surface area contributed by atoms with E-state index in [2.05, 4.69) is 0 Å². The number of rotatable bonds is 4. The van der Waals surface area contributed by atoms with Gasteiger partial charge in [0.2, 0.25) is 6.10 Å². The van der Waals surface area contributed by atoms with Gasteiger partial charge < -0.3 is 14.4 Å². The summed E-state index contributed by atoms with van der Waals surface area (Å²) in [6.45, 7) is 5.86. The van der Waals surface area contributed by atoms with E-state index in [1.807, 2.05) is 38.1 Å². The lowest BCUT2D eigenvalue weighted by molar-refractivity contribution is -0.145. The zero-order chi connectivity index (χ0) is 18.5. The molecule has 26 heavy (non-hydrogen) atoms. The average molecular weight is 353 g/mol. The summed E-state index contributed by atoms with van der Waals surface area (Å²) in [5.41, 5.74) is 3.08. The van der Waals surface area contributed by atoms with E-state index >= 15 is 0 Å². The van der Waals surface area contributed by atoms with E-state index in [-0.39, 0.29) is 5.91 Å². The van der Waals surface area contributed by atoms with Crippen LogP contribution in [0, 0.1) is 13.8 Å². The van der Waals surface area contributed by atoms with Crippen LogP contribution in [-0.4, -0.2) is 43.1 Å². The number of carbonyl (C=O) groups is 2. The van der Waals surface area contributed by atoms with Crippen molar-refractivity contribution in [3.63, 3.8) is 0 Å². The molecule has 2 aromatic rings. The quantitative estimate of drug-likeness (QED) is 0.793. The van der Waals surface area contributed by atoms with Crippen LogP contribution in [0.2, 0.25) is 0 Å². The minimum atomic E-state index is -0.956. The number of amides is 1. The van der Waals surface area contributed by atoms with Crippen molar-refractivity contribution in [3.8, 4) is 0 Å². The molecule has 5 heteroatoms. The van der Waals surface area contributed by atoms with Gasteiger partial charge in [0.05, 0.1) is 18.8 Å². The summed E-state index contributed by atoms with van der Waals surface area (Å²) in [7, 11) is 0. The Morgan fingerprint density at radius 2 is 1.62 bits per heavy atom. The van der Waals surface area contributed by atoms with Crippen molar-refractivity contribution < 1.29 is 19.1 Å². The molecule has 2 aromatic carbocycles. The molecule has 1 atom stereocenters. The fourth-order valence-electron chi connectivity index (χ4n) is 3.11. The zero-order valence-electron chi connectivity index (χ0n) is 15.1. The maximum atomic E-state index is 13.0. The van der Waals surface area contributed by atoms with Gasteiger partial charge in [0, 0.05) is 18.7 Å². The third kappa shape index (κ3) is 4.29. The molecule has 1 heterocycles. The number of morpholine rings is 1. The van der Waals surface area contributed by atoms with Crippen molar-refractivity contribution in [2.24, 2.45) is 0 Å². The van der Waals surface area contributed by atoms with Crippen LogP contribution in [0.25, 0.3) is 0 Å². The number of ether oxygens (including phenoxy) is 2. The highest BCUT2D eigenvalue weighted by Gasteiger charge is 2.30. The van der Waals surface area contributed by atoms with Gasteiger partial charge in [-0.25, -0.2) is 4.79 Å². The molecule has 0 aromatic heterocycles. The molecule has 0 bridgehead atoms. The minimum absolute atomic E-state index is 0.211. The summed E-state index contributed by atoms with van der Waals surface area (Å²) in [4.78, 5) is 27.4. The first-order valence-electron chi connectivity index (χ1n) is 8.75. The van der Waals surface area contributed by atoms with Crippen LogP contribution in [0.1, 0.15) is 33.2 Å². The van der Waals surface area contributed by atoms with E-state index in [1.165, 1.54) is 0 Å². The first-order valence-corrected chi connectivity index (χ1v) is 8.75. The largest absolute Gasteiger partial charge is 0.444 e. The number of carbonyl (C=O) groups excluding carboxylic acids is 2. The Kier molecular flexibility index (Phi) is 5.68. The maximum absolute atomic E-state index is 13.0. The molecular weight excluding hydrogens is 330 g/mol. The van der Waals surface area contributed by atoms with Crippen molar-refractivity contribution in [1.82, 2.24) is 4.90 Å². The summed E-state index contributed by atoms with van der Waals surface area (Å²) in [6, 6.07) is 14.7. The molecule has 1 aliphatic rings. The lowest BCUT2D eigenvalue weighted by atomic mass is 10.1. The van der Waals surface area contributed by atoms with Gasteiger partial charge in [0.1, 0.15) is 0 Å². The monoisotopic (exact) mass is 353 g/mol. The molecule has 1 amide bonds. The van der Waals surface area contributed by atoms with Crippen molar-refractivity contribution in [2.75, 3.05) is 26.3 Å². The fourth-order valence-corrected chi connectivity index (χ4v) is 3.11. The van der Waals surface area contributed by atoms with E-state index in [0.29, 0.717) is 37.4 Å². The van der Waals surface area contributed by atoms with E-state index < -0.39 is 12.1 Å². The van der Waals surface area contributed by atoms with Gasteiger partial charge in [-0.1, -0.05) is 47.5 Å². The molecule has 0 radical (unpaired) electrons. The molecule has 1 fully saturated rings. The standard InChI is InChI=1S/C21H23NO4/c1-15-12-16(2)14-18(13-15)21(24)26-19(17-6-4-3-5-7-17)20(23)22-8-10-25-11-9-22/h3-7,12-14,19H,8-11H2,1-2H3. The molecule has 3 rings (SSSR count). The highest BCUT2D eigenvalue weighted by molar-refractivity contribution is 5.93.